The normalized spacial score (nSPS) is 12.4. The lowest BCUT2D eigenvalue weighted by Gasteiger charge is -2.17. The number of benzene rings is 2. The van der Waals surface area contributed by atoms with Crippen molar-refractivity contribution in [3.8, 4) is 0 Å². The first-order chi connectivity index (χ1) is 10.1. The Kier molecular flexibility index (Phi) is 6.55. The van der Waals surface area contributed by atoms with Gasteiger partial charge in [0.05, 0.1) is 0 Å². The van der Waals surface area contributed by atoms with Gasteiger partial charge >= 0.3 is 0 Å². The third-order valence-electron chi connectivity index (χ3n) is 3.16. The van der Waals surface area contributed by atoms with Crippen LogP contribution in [0.4, 0.5) is 4.39 Å². The fraction of sp³-hybridized carbons (Fsp3) is 0.250. The zero-order valence-corrected chi connectivity index (χ0v) is 14.7. The predicted molar refractivity (Wildman–Crippen MR) is 92.8 cm³/mol. The van der Waals surface area contributed by atoms with Crippen LogP contribution in [0.2, 0.25) is 5.02 Å². The third kappa shape index (κ3) is 4.99. The molecule has 1 nitrogen and oxygen atoms in total. The molecule has 0 fully saturated rings. The molecule has 0 saturated carbocycles. The molecule has 0 aliphatic rings. The van der Waals surface area contributed by atoms with E-state index < -0.39 is 0 Å². The van der Waals surface area contributed by atoms with Gasteiger partial charge < -0.3 is 5.32 Å². The number of likely N-dealkylation sites (N-methyl/N-ethyl adjacent to an activating group) is 1. The molecule has 5 heteroatoms. The van der Waals surface area contributed by atoms with Gasteiger partial charge in [0.15, 0.2) is 0 Å². The van der Waals surface area contributed by atoms with Gasteiger partial charge in [0.1, 0.15) is 5.82 Å². The minimum absolute atomic E-state index is 0.224. The fourth-order valence-corrected chi connectivity index (χ4v) is 3.83. The molecule has 1 atom stereocenters. The van der Waals surface area contributed by atoms with Crippen LogP contribution in [0, 0.1) is 5.82 Å². The van der Waals surface area contributed by atoms with Crippen molar-refractivity contribution in [3.05, 3.63) is 63.3 Å². The van der Waals surface area contributed by atoms with Crippen molar-refractivity contribution >= 4 is 39.3 Å². The van der Waals surface area contributed by atoms with E-state index >= 15 is 0 Å². The zero-order valence-electron chi connectivity index (χ0n) is 11.6. The van der Waals surface area contributed by atoms with Crippen LogP contribution in [0.25, 0.3) is 0 Å². The Hall–Kier alpha value is -0.550. The average molecular weight is 389 g/mol. The van der Waals surface area contributed by atoms with Crippen molar-refractivity contribution in [3.63, 3.8) is 0 Å². The fourth-order valence-electron chi connectivity index (χ4n) is 1.96. The molecule has 0 aliphatic carbocycles. The lowest BCUT2D eigenvalue weighted by molar-refractivity contribution is 0.603. The van der Waals surface area contributed by atoms with Crippen molar-refractivity contribution in [2.24, 2.45) is 0 Å². The molecule has 0 amide bonds. The topological polar surface area (TPSA) is 12.0 Å². The number of thioether (sulfide) groups is 1. The van der Waals surface area contributed by atoms with E-state index in [1.54, 1.807) is 17.8 Å². The Balaban J connectivity index is 2.00. The highest BCUT2D eigenvalue weighted by atomic mass is 79.9. The number of rotatable bonds is 6. The van der Waals surface area contributed by atoms with Crippen molar-refractivity contribution in [2.45, 2.75) is 17.4 Å². The van der Waals surface area contributed by atoms with Crippen LogP contribution in [0.5, 0.6) is 0 Å². The predicted octanol–water partition coefficient (Wildman–Crippen LogP) is 5.16. The van der Waals surface area contributed by atoms with E-state index in [0.29, 0.717) is 11.4 Å². The van der Waals surface area contributed by atoms with Crippen LogP contribution >= 0.6 is 39.3 Å². The van der Waals surface area contributed by atoms with Gasteiger partial charge in [-0.3, -0.25) is 0 Å². The smallest absolute Gasteiger partial charge is 0.123 e. The number of hydrogen-bond donors (Lipinski definition) is 1. The van der Waals surface area contributed by atoms with E-state index in [4.69, 9.17) is 11.6 Å². The summed E-state index contributed by atoms with van der Waals surface area (Å²) in [5.74, 6) is 0.633. The average Bonchev–Trinajstić information content (AvgIpc) is 2.48. The van der Waals surface area contributed by atoms with Crippen molar-refractivity contribution in [1.82, 2.24) is 5.32 Å². The molecule has 0 heterocycles. The maximum absolute atomic E-state index is 13.3. The summed E-state index contributed by atoms with van der Waals surface area (Å²) < 4.78 is 14.4. The molecule has 112 valence electrons. The highest BCUT2D eigenvalue weighted by Gasteiger charge is 2.12. The molecule has 0 aromatic heterocycles. The summed E-state index contributed by atoms with van der Waals surface area (Å²) in [7, 11) is 1.92. The monoisotopic (exact) mass is 387 g/mol. The molecule has 2 rings (SSSR count). The van der Waals surface area contributed by atoms with Gasteiger partial charge in [-0.2, -0.15) is 0 Å². The van der Waals surface area contributed by atoms with Gasteiger partial charge in [-0.15, -0.1) is 11.8 Å². The minimum Gasteiger partial charge on any atom is -0.316 e. The van der Waals surface area contributed by atoms with Gasteiger partial charge in [-0.05, 0) is 65.3 Å². The number of nitrogens with one attached hydrogen (secondary N) is 1. The molecule has 2 aromatic rings. The van der Waals surface area contributed by atoms with Crippen LogP contribution in [0.1, 0.15) is 5.56 Å². The highest BCUT2D eigenvalue weighted by molar-refractivity contribution is 9.10. The Bertz CT molecular complexity index is 609. The summed E-state index contributed by atoms with van der Waals surface area (Å²) in [6, 6.07) is 12.9. The summed E-state index contributed by atoms with van der Waals surface area (Å²) in [4.78, 5) is 1.20. The molecule has 1 N–H and O–H groups in total. The van der Waals surface area contributed by atoms with Gasteiger partial charge in [0.2, 0.25) is 0 Å². The van der Waals surface area contributed by atoms with Gasteiger partial charge in [0.25, 0.3) is 0 Å². The van der Waals surface area contributed by atoms with Crippen molar-refractivity contribution < 1.29 is 4.39 Å². The van der Waals surface area contributed by atoms with Gasteiger partial charge in [-0.1, -0.05) is 23.7 Å². The summed E-state index contributed by atoms with van der Waals surface area (Å²) in [5.41, 5.74) is 0.837. The second kappa shape index (κ2) is 8.18. The first-order valence-electron chi connectivity index (χ1n) is 6.58. The Morgan fingerprint density at radius 2 is 2.05 bits per heavy atom. The first kappa shape index (κ1) is 16.8. The summed E-state index contributed by atoms with van der Waals surface area (Å²) in [5, 5.41) is 3.88. The van der Waals surface area contributed by atoms with E-state index in [2.05, 4.69) is 27.3 Å². The SMILES string of the molecule is CNC(CSc1ccccc1Br)Cc1cc(F)ccc1Cl. The molecular formula is C16H16BrClFNS. The van der Waals surface area contributed by atoms with E-state index in [1.165, 1.54) is 17.0 Å². The molecule has 0 radical (unpaired) electrons. The standard InChI is InChI=1S/C16H16BrClFNS/c1-20-13(9-11-8-12(19)6-7-15(11)18)10-21-16-5-3-2-4-14(16)17/h2-8,13,20H,9-10H2,1H3. The van der Waals surface area contributed by atoms with Gasteiger partial charge in [-0.25, -0.2) is 4.39 Å². The highest BCUT2D eigenvalue weighted by Crippen LogP contribution is 2.28. The van der Waals surface area contributed by atoms with Crippen LogP contribution in [0.15, 0.2) is 51.8 Å². The largest absolute Gasteiger partial charge is 0.316 e. The maximum atomic E-state index is 13.3. The van der Waals surface area contributed by atoms with Crippen molar-refractivity contribution in [1.29, 1.82) is 0 Å². The minimum atomic E-state index is -0.247. The molecule has 21 heavy (non-hydrogen) atoms. The molecule has 0 aliphatic heterocycles. The van der Waals surface area contributed by atoms with Gasteiger partial charge in [0, 0.05) is 26.2 Å². The molecular weight excluding hydrogens is 373 g/mol. The van der Waals surface area contributed by atoms with E-state index in [-0.39, 0.29) is 11.9 Å². The number of hydrogen-bond acceptors (Lipinski definition) is 2. The molecule has 0 bridgehead atoms. The van der Waals surface area contributed by atoms with Crippen LogP contribution < -0.4 is 5.32 Å². The third-order valence-corrected chi connectivity index (χ3v) is 5.72. The first-order valence-corrected chi connectivity index (χ1v) is 8.74. The molecule has 0 spiro atoms. The maximum Gasteiger partial charge on any atom is 0.123 e. The lowest BCUT2D eigenvalue weighted by atomic mass is 10.1. The molecule has 2 aromatic carbocycles. The Labute approximate surface area is 142 Å². The second-order valence-electron chi connectivity index (χ2n) is 4.67. The van der Waals surface area contributed by atoms with E-state index in [0.717, 1.165) is 15.8 Å². The van der Waals surface area contributed by atoms with E-state index in [9.17, 15) is 4.39 Å². The lowest BCUT2D eigenvalue weighted by Crippen LogP contribution is -2.30. The quantitative estimate of drug-likeness (QED) is 0.686. The zero-order chi connectivity index (χ0) is 15.2. The molecule has 0 saturated heterocycles. The summed E-state index contributed by atoms with van der Waals surface area (Å²) >= 11 is 11.4. The summed E-state index contributed by atoms with van der Waals surface area (Å²) in [6.07, 6.45) is 0.699. The Morgan fingerprint density at radius 1 is 1.29 bits per heavy atom. The van der Waals surface area contributed by atoms with E-state index in [1.807, 2.05) is 25.2 Å². The number of halogens is 3. The Morgan fingerprint density at radius 3 is 2.76 bits per heavy atom. The second-order valence-corrected chi connectivity index (χ2v) is 6.99. The van der Waals surface area contributed by atoms with Crippen LogP contribution in [-0.4, -0.2) is 18.8 Å². The molecule has 1 unspecified atom stereocenters. The van der Waals surface area contributed by atoms with Crippen LogP contribution in [0.3, 0.4) is 0 Å². The van der Waals surface area contributed by atoms with Crippen molar-refractivity contribution in [2.75, 3.05) is 12.8 Å². The summed E-state index contributed by atoms with van der Waals surface area (Å²) in [6.45, 7) is 0. The van der Waals surface area contributed by atoms with Crippen LogP contribution in [-0.2, 0) is 6.42 Å².